The number of urea groups is 1. The predicted octanol–water partition coefficient (Wildman–Crippen LogP) is -1.72. The Bertz CT molecular complexity index is 2510. The minimum Gasteiger partial charge on any atom is -0.386 e. The number of unbranched alkanes of at least 4 members (excludes halogenated alkanes) is 2. The number of fused-ring (bicyclic) bond motifs is 1. The van der Waals surface area contributed by atoms with Crippen molar-refractivity contribution >= 4 is 90.4 Å². The number of aryl methyl sites for hydroxylation is 1. The number of anilines is 1. The maximum atomic E-state index is 13.6. The van der Waals surface area contributed by atoms with Crippen molar-refractivity contribution in [2.45, 2.75) is 144 Å². The lowest BCUT2D eigenvalue weighted by Crippen LogP contribution is -2.47. The molecule has 5 heterocycles. The second-order valence-corrected chi connectivity index (χ2v) is 27.3. The largest absolute Gasteiger partial charge is 0.470 e. The molecule has 16 N–H and O–H groups in total. The highest BCUT2D eigenvalue weighted by molar-refractivity contribution is 8.76. The Kier molecular flexibility index (Phi) is 33.0. The van der Waals surface area contributed by atoms with E-state index in [0.29, 0.717) is 108 Å². The maximum Gasteiger partial charge on any atom is 0.470 e. The lowest BCUT2D eigenvalue weighted by Gasteiger charge is -2.21. The Labute approximate surface area is 516 Å². The molecule has 0 aliphatic carbocycles. The van der Waals surface area contributed by atoms with Gasteiger partial charge in [0.05, 0.1) is 77.2 Å². The molecule has 0 saturated carbocycles. The van der Waals surface area contributed by atoms with Crippen molar-refractivity contribution in [1.29, 1.82) is 0 Å². The van der Waals surface area contributed by atoms with Crippen LogP contribution in [-0.4, -0.2) is 220 Å². The van der Waals surface area contributed by atoms with Gasteiger partial charge in [-0.1, -0.05) is 28.0 Å². The van der Waals surface area contributed by atoms with Crippen LogP contribution in [0, 0.1) is 0 Å². The Morgan fingerprint density at radius 2 is 1.43 bits per heavy atom. The van der Waals surface area contributed by atoms with Crippen LogP contribution < -0.4 is 59.5 Å². The molecule has 496 valence electrons. The zero-order valence-electron chi connectivity index (χ0n) is 48.6. The van der Waals surface area contributed by atoms with Gasteiger partial charge < -0.3 is 91.3 Å². The number of carbonyl (C=O) groups excluding carboxylic acids is 6. The molecular weight excluding hydrogens is 1250 g/mol. The maximum absolute atomic E-state index is 13.6. The number of phosphoric ester groups is 2. The minimum atomic E-state index is -5.31. The van der Waals surface area contributed by atoms with Gasteiger partial charge in [-0.15, -0.1) is 0 Å². The van der Waals surface area contributed by atoms with E-state index < -0.39 is 64.4 Å². The van der Waals surface area contributed by atoms with E-state index in [1.165, 1.54) is 27.8 Å². The molecule has 0 aromatic carbocycles. The first kappa shape index (κ1) is 74.0. The third-order valence-electron chi connectivity index (χ3n) is 13.8. The summed E-state index contributed by atoms with van der Waals surface area (Å²) in [5, 5.41) is 31.4. The van der Waals surface area contributed by atoms with Crippen LogP contribution in [0.2, 0.25) is 0 Å². The molecule has 4 aliphatic rings. The molecule has 8 atom stereocenters. The molecule has 7 amide bonds. The molecule has 0 spiro atoms. The number of hydrogen-bond acceptors (Lipinski definition) is 24. The van der Waals surface area contributed by atoms with E-state index in [1.807, 2.05) is 18.7 Å². The topological polar surface area (TPSA) is 491 Å². The Hall–Kier alpha value is -3.75. The smallest absolute Gasteiger partial charge is 0.386 e. The second-order valence-electron chi connectivity index (χ2n) is 20.8. The number of rotatable bonds is 47. The van der Waals surface area contributed by atoms with Gasteiger partial charge in [0, 0.05) is 86.1 Å². The van der Waals surface area contributed by atoms with E-state index in [-0.39, 0.29) is 111 Å². The van der Waals surface area contributed by atoms with E-state index in [4.69, 9.17) is 39.2 Å². The Morgan fingerprint density at radius 3 is 2.13 bits per heavy atom. The summed E-state index contributed by atoms with van der Waals surface area (Å²) in [7, 11) is -7.48. The average molecular weight is 1340 g/mol. The number of nitrogens with one attached hydrogen (secondary N) is 9. The zero-order chi connectivity index (χ0) is 63.2. The number of nitrogen functional groups attached to an aromatic ring is 1. The minimum absolute atomic E-state index is 0.0124. The molecule has 87 heavy (non-hydrogen) atoms. The molecule has 0 radical (unpaired) electrons. The summed E-state index contributed by atoms with van der Waals surface area (Å²) in [5.74, 6) is 0.605. The van der Waals surface area contributed by atoms with Crippen LogP contribution in [0.1, 0.15) is 95.8 Å². The summed E-state index contributed by atoms with van der Waals surface area (Å²) in [6, 6.07) is -0.665. The third kappa shape index (κ3) is 29.8. The van der Waals surface area contributed by atoms with Crippen molar-refractivity contribution in [2.24, 2.45) is 0 Å². The quantitative estimate of drug-likeness (QED) is 0.0113. The summed E-state index contributed by atoms with van der Waals surface area (Å²) < 4.78 is 60.4. The number of thioether (sulfide) groups is 1. The molecule has 5 rings (SSSR count). The Balaban J connectivity index is 0.928. The van der Waals surface area contributed by atoms with Crippen LogP contribution in [0.15, 0.2) is 11.0 Å². The molecule has 38 heteroatoms. The monoisotopic (exact) mass is 1340 g/mol. The number of aliphatic hydroxyl groups is 1. The van der Waals surface area contributed by atoms with E-state index in [9.17, 15) is 57.6 Å². The van der Waals surface area contributed by atoms with E-state index in [2.05, 4.69) is 62.1 Å². The molecule has 0 bridgehead atoms. The van der Waals surface area contributed by atoms with Crippen molar-refractivity contribution in [2.75, 3.05) is 109 Å². The number of carbonyl (C=O) groups is 6. The Morgan fingerprint density at radius 1 is 0.782 bits per heavy atom. The van der Waals surface area contributed by atoms with Gasteiger partial charge in [0.15, 0.2) is 6.23 Å². The zero-order valence-corrected chi connectivity index (χ0v) is 52.8. The fraction of sp³-hybridized carbons (Fsp3) is 0.796. The highest BCUT2D eigenvalue weighted by Crippen LogP contribution is 2.45. The molecule has 0 unspecified atom stereocenters. The predicted molar refractivity (Wildman–Crippen MR) is 319 cm³/mol. The summed E-state index contributed by atoms with van der Waals surface area (Å²) in [6.07, 6.45) is -0.276. The number of hydrazine groups is 1. The molecule has 4 saturated heterocycles. The first-order chi connectivity index (χ1) is 41.5. The number of nitrogens with two attached hydrogens (primary N) is 1. The lowest BCUT2D eigenvalue weighted by atomic mass is 10.0. The molecule has 33 nitrogen and oxygen atoms in total. The van der Waals surface area contributed by atoms with Gasteiger partial charge in [0.2, 0.25) is 29.5 Å². The van der Waals surface area contributed by atoms with Crippen molar-refractivity contribution in [1.82, 2.24) is 57.6 Å². The summed E-state index contributed by atoms with van der Waals surface area (Å²) in [6.45, 7) is 4.76. The highest BCUT2D eigenvalue weighted by atomic mass is 33.1. The SMILES string of the molecule is CC1(CCC(=O)NCCSSCCC(=O)N[C@@H](CCCCNC(=O)CCOCCOCCOCCOCCNC(=O)CCCC[C@@H]2SC[C@@H]3NC(=O)N[C@@H]32)C(=O)NCCCc2cn([C@@H]3O[C@H](COP(=O)(O)O)[C@H](OP(=O)(O)O)[C@@H]3O)c(=O)nc2N)NN1. The number of aliphatic hydroxyl groups excluding tert-OH is 1. The van der Waals surface area contributed by atoms with Gasteiger partial charge in [0.1, 0.15) is 30.2 Å². The fourth-order valence-electron chi connectivity index (χ4n) is 9.10. The summed E-state index contributed by atoms with van der Waals surface area (Å²) >= 11 is 1.87. The third-order valence-corrected chi connectivity index (χ3v) is 18.7. The number of hydrogen-bond donors (Lipinski definition) is 15. The van der Waals surface area contributed by atoms with Crippen LogP contribution in [0.25, 0.3) is 0 Å². The van der Waals surface area contributed by atoms with Crippen molar-refractivity contribution in [3.05, 3.63) is 22.2 Å². The number of nitrogens with zero attached hydrogens (tertiary/aromatic N) is 2. The van der Waals surface area contributed by atoms with Gasteiger partial charge in [0.25, 0.3) is 0 Å². The second kappa shape index (κ2) is 38.8. The van der Waals surface area contributed by atoms with E-state index in [0.717, 1.165) is 29.6 Å². The first-order valence-corrected chi connectivity index (χ1v) is 35.4. The van der Waals surface area contributed by atoms with Crippen molar-refractivity contribution in [3.63, 3.8) is 0 Å². The van der Waals surface area contributed by atoms with Gasteiger partial charge in [-0.3, -0.25) is 37.6 Å². The normalized spacial score (nSPS) is 21.6. The number of aromatic nitrogens is 2. The van der Waals surface area contributed by atoms with Gasteiger partial charge in [-0.25, -0.2) is 29.6 Å². The molecular formula is C49H86N12O21P2S3. The average Bonchev–Trinajstić information content (AvgIpc) is 1.92. The van der Waals surface area contributed by atoms with E-state index >= 15 is 0 Å². The standard InChI is InChI=1S/C49H86N12O21P2S3/c1-49(59-60-49)14-11-38(63)53-18-28-87-86-27-13-40(65)55-33(45(67)54-16-6-7-32-29-61(48(69)58-44(32)50)46-42(66)43(82-84(73,74)75)35(81-46)30-80-83(70,71)72)8-4-5-15-51-39(64)12-19-76-21-23-78-25-26-79-24-22-77-20-17-52-37(62)10-3-2-9-36-41-34(31-85-36)56-47(68)57-41/h29,33-36,41-43,46,59-60,66H,2-28,30-31H2,1H3,(H,51,64)(H,52,62)(H,53,63)(H,54,67)(H,55,65)(H2,50,58,69)(H2,56,57,68)(H2,70,71,72)(H2,73,74,75)/t33-,34-,35+,36-,41-,42-,43-,46+/m0/s1. The highest BCUT2D eigenvalue weighted by Gasteiger charge is 2.49. The van der Waals surface area contributed by atoms with Crippen LogP contribution in [-0.2, 0) is 72.3 Å². The van der Waals surface area contributed by atoms with E-state index in [1.54, 1.807) is 0 Å². The molecule has 1 aromatic rings. The van der Waals surface area contributed by atoms with Gasteiger partial charge in [-0.05, 0) is 58.3 Å². The summed E-state index contributed by atoms with van der Waals surface area (Å²) in [5.41, 5.74) is 11.0. The number of amides is 7. The molecule has 4 fully saturated rings. The van der Waals surface area contributed by atoms with Crippen molar-refractivity contribution < 1.29 is 95.3 Å². The molecule has 4 aliphatic heterocycles. The van der Waals surface area contributed by atoms with Crippen LogP contribution in [0.4, 0.5) is 10.6 Å². The first-order valence-electron chi connectivity index (χ1n) is 28.8. The van der Waals surface area contributed by atoms with Gasteiger partial charge in [-0.2, -0.15) is 16.7 Å². The summed E-state index contributed by atoms with van der Waals surface area (Å²) in [4.78, 5) is 129. The van der Waals surface area contributed by atoms with Crippen molar-refractivity contribution in [3.8, 4) is 0 Å². The van der Waals surface area contributed by atoms with Gasteiger partial charge >= 0.3 is 27.4 Å². The molecule has 1 aromatic heterocycles. The lowest BCUT2D eigenvalue weighted by molar-refractivity contribution is -0.129. The van der Waals surface area contributed by atoms with Crippen LogP contribution >= 0.6 is 49.0 Å². The number of ether oxygens (including phenoxy) is 5. The van der Waals surface area contributed by atoms with Crippen LogP contribution in [0.5, 0.6) is 0 Å². The fourth-order valence-corrected chi connectivity index (χ4v) is 13.5. The number of phosphoric acid groups is 2. The van der Waals surface area contributed by atoms with Crippen LogP contribution in [0.3, 0.4) is 0 Å².